The fourth-order valence-electron chi connectivity index (χ4n) is 3.01. The van der Waals surface area contributed by atoms with E-state index >= 15 is 0 Å². The van der Waals surface area contributed by atoms with Crippen molar-refractivity contribution >= 4 is 16.6 Å². The largest absolute Gasteiger partial charge is 0.497 e. The normalized spacial score (nSPS) is 12.1. The molecule has 23 heavy (non-hydrogen) atoms. The Morgan fingerprint density at radius 1 is 0.957 bits per heavy atom. The summed E-state index contributed by atoms with van der Waals surface area (Å²) in [5, 5.41) is 2.33. The van der Waals surface area contributed by atoms with Crippen molar-refractivity contribution in [3.8, 4) is 5.75 Å². The van der Waals surface area contributed by atoms with Gasteiger partial charge in [0.05, 0.1) is 7.11 Å². The highest BCUT2D eigenvalue weighted by atomic mass is 16.5. The number of carbonyl (C=O) groups excluding carboxylic acids is 1. The van der Waals surface area contributed by atoms with Gasteiger partial charge in [-0.15, -0.1) is 0 Å². The lowest BCUT2D eigenvalue weighted by Crippen LogP contribution is -2.04. The Kier molecular flexibility index (Phi) is 4.16. The summed E-state index contributed by atoms with van der Waals surface area (Å²) in [5.74, 6) is 1.14. The molecule has 3 rings (SSSR count). The number of rotatable bonds is 4. The Morgan fingerprint density at radius 3 is 2.39 bits per heavy atom. The standard InChI is InChI=1S/C21H20O2/c1-14(20-6-4-5-7-21(20)15(2)22)16-8-9-18-13-19(23-3)11-10-17(18)12-16/h4-14H,1-3H3. The van der Waals surface area contributed by atoms with Crippen molar-refractivity contribution in [2.75, 3.05) is 7.11 Å². The summed E-state index contributed by atoms with van der Waals surface area (Å²) in [6.07, 6.45) is 0. The number of fused-ring (bicyclic) bond motifs is 1. The third-order valence-corrected chi connectivity index (χ3v) is 4.38. The number of hydrogen-bond acceptors (Lipinski definition) is 2. The van der Waals surface area contributed by atoms with Crippen LogP contribution in [0.25, 0.3) is 10.8 Å². The van der Waals surface area contributed by atoms with Crippen LogP contribution in [0, 0.1) is 0 Å². The molecular formula is C21H20O2. The Balaban J connectivity index is 2.04. The molecule has 0 bridgehead atoms. The van der Waals surface area contributed by atoms with Gasteiger partial charge in [0.2, 0.25) is 0 Å². The van der Waals surface area contributed by atoms with E-state index in [0.29, 0.717) is 0 Å². The lowest BCUT2D eigenvalue weighted by molar-refractivity contribution is 0.101. The highest BCUT2D eigenvalue weighted by Crippen LogP contribution is 2.30. The zero-order valence-corrected chi connectivity index (χ0v) is 13.7. The third-order valence-electron chi connectivity index (χ3n) is 4.38. The number of benzene rings is 3. The van der Waals surface area contributed by atoms with Crippen molar-refractivity contribution in [3.05, 3.63) is 77.4 Å². The van der Waals surface area contributed by atoms with Crippen LogP contribution in [0.5, 0.6) is 5.75 Å². The molecule has 0 saturated carbocycles. The van der Waals surface area contributed by atoms with Crippen LogP contribution in [0.4, 0.5) is 0 Å². The molecule has 2 heteroatoms. The minimum Gasteiger partial charge on any atom is -0.497 e. The van der Waals surface area contributed by atoms with Gasteiger partial charge in [0.25, 0.3) is 0 Å². The molecule has 2 nitrogen and oxygen atoms in total. The van der Waals surface area contributed by atoms with Crippen molar-refractivity contribution in [1.29, 1.82) is 0 Å². The van der Waals surface area contributed by atoms with E-state index in [1.54, 1.807) is 14.0 Å². The van der Waals surface area contributed by atoms with Crippen LogP contribution in [0.2, 0.25) is 0 Å². The molecule has 0 aliphatic rings. The highest BCUT2D eigenvalue weighted by molar-refractivity contribution is 5.96. The van der Waals surface area contributed by atoms with E-state index in [2.05, 4.69) is 31.2 Å². The number of carbonyl (C=O) groups is 1. The summed E-state index contributed by atoms with van der Waals surface area (Å²) in [6, 6.07) is 20.4. The first-order valence-electron chi connectivity index (χ1n) is 7.77. The third kappa shape index (κ3) is 2.98. The van der Waals surface area contributed by atoms with Gasteiger partial charge in [-0.25, -0.2) is 0 Å². The average Bonchev–Trinajstić information content (AvgIpc) is 2.60. The topological polar surface area (TPSA) is 26.3 Å². The Labute approximate surface area is 136 Å². The average molecular weight is 304 g/mol. The van der Waals surface area contributed by atoms with Gasteiger partial charge in [-0.1, -0.05) is 55.5 Å². The minimum atomic E-state index is 0.109. The maximum absolute atomic E-state index is 11.9. The predicted octanol–water partition coefficient (Wildman–Crippen LogP) is 5.20. The first-order chi connectivity index (χ1) is 11.1. The number of hydrogen-bond donors (Lipinski definition) is 0. The molecule has 0 saturated heterocycles. The molecule has 0 amide bonds. The monoisotopic (exact) mass is 304 g/mol. The quantitative estimate of drug-likeness (QED) is 0.619. The molecule has 0 fully saturated rings. The first kappa shape index (κ1) is 15.3. The molecule has 3 aromatic rings. The van der Waals surface area contributed by atoms with Crippen molar-refractivity contribution in [1.82, 2.24) is 0 Å². The summed E-state index contributed by atoms with van der Waals surface area (Å²) >= 11 is 0. The molecule has 0 heterocycles. The number of Topliss-reactive ketones (excluding diaryl/α,β-unsaturated/α-hetero) is 1. The lowest BCUT2D eigenvalue weighted by Gasteiger charge is -2.16. The Bertz CT molecular complexity index is 865. The maximum Gasteiger partial charge on any atom is 0.160 e. The molecule has 116 valence electrons. The highest BCUT2D eigenvalue weighted by Gasteiger charge is 2.15. The lowest BCUT2D eigenvalue weighted by atomic mass is 9.87. The summed E-state index contributed by atoms with van der Waals surface area (Å²) in [4.78, 5) is 11.9. The smallest absolute Gasteiger partial charge is 0.160 e. The molecule has 1 unspecified atom stereocenters. The van der Waals surface area contributed by atoms with E-state index in [9.17, 15) is 4.79 Å². The van der Waals surface area contributed by atoms with Crippen LogP contribution >= 0.6 is 0 Å². The SMILES string of the molecule is COc1ccc2cc(C(C)c3ccccc3C(C)=O)ccc2c1. The molecule has 0 aliphatic heterocycles. The number of methoxy groups -OCH3 is 1. The van der Waals surface area contributed by atoms with Gasteiger partial charge in [0.1, 0.15) is 5.75 Å². The van der Waals surface area contributed by atoms with Crippen LogP contribution in [-0.4, -0.2) is 12.9 Å². The molecule has 0 aliphatic carbocycles. The van der Waals surface area contributed by atoms with E-state index in [1.807, 2.05) is 36.4 Å². The van der Waals surface area contributed by atoms with Crippen molar-refractivity contribution < 1.29 is 9.53 Å². The second-order valence-corrected chi connectivity index (χ2v) is 5.84. The predicted molar refractivity (Wildman–Crippen MR) is 94.5 cm³/mol. The molecule has 0 N–H and O–H groups in total. The summed E-state index contributed by atoms with van der Waals surface area (Å²) < 4.78 is 5.27. The maximum atomic E-state index is 11.9. The zero-order valence-electron chi connectivity index (χ0n) is 13.7. The van der Waals surface area contributed by atoms with Crippen LogP contribution in [0.1, 0.15) is 41.3 Å². The fraction of sp³-hybridized carbons (Fsp3) is 0.190. The van der Waals surface area contributed by atoms with Crippen LogP contribution in [0.3, 0.4) is 0 Å². The van der Waals surface area contributed by atoms with Crippen molar-refractivity contribution in [2.24, 2.45) is 0 Å². The van der Waals surface area contributed by atoms with E-state index in [0.717, 1.165) is 22.3 Å². The molecular weight excluding hydrogens is 284 g/mol. The van der Waals surface area contributed by atoms with Gasteiger partial charge >= 0.3 is 0 Å². The summed E-state index contributed by atoms with van der Waals surface area (Å²) in [6.45, 7) is 3.77. The van der Waals surface area contributed by atoms with Gasteiger partial charge in [-0.3, -0.25) is 4.79 Å². The second-order valence-electron chi connectivity index (χ2n) is 5.84. The van der Waals surface area contributed by atoms with Gasteiger partial charge < -0.3 is 4.74 Å². The van der Waals surface area contributed by atoms with Crippen LogP contribution in [-0.2, 0) is 0 Å². The van der Waals surface area contributed by atoms with Gasteiger partial charge in [-0.05, 0) is 41.0 Å². The minimum absolute atomic E-state index is 0.109. The van der Waals surface area contributed by atoms with Crippen LogP contribution in [0.15, 0.2) is 60.7 Å². The Hall–Kier alpha value is -2.61. The molecule has 0 radical (unpaired) electrons. The summed E-state index contributed by atoms with van der Waals surface area (Å²) in [7, 11) is 1.68. The molecule has 3 aromatic carbocycles. The van der Waals surface area contributed by atoms with E-state index in [4.69, 9.17) is 4.74 Å². The summed E-state index contributed by atoms with van der Waals surface area (Å²) in [5.41, 5.74) is 3.08. The van der Waals surface area contributed by atoms with Gasteiger partial charge in [0, 0.05) is 11.5 Å². The number of ketones is 1. The fourth-order valence-corrected chi connectivity index (χ4v) is 3.01. The van der Waals surface area contributed by atoms with Gasteiger partial charge in [0.15, 0.2) is 5.78 Å². The van der Waals surface area contributed by atoms with Gasteiger partial charge in [-0.2, -0.15) is 0 Å². The second kappa shape index (κ2) is 6.25. The zero-order chi connectivity index (χ0) is 16.4. The van der Waals surface area contributed by atoms with E-state index in [1.165, 1.54) is 10.9 Å². The van der Waals surface area contributed by atoms with E-state index < -0.39 is 0 Å². The Morgan fingerprint density at radius 2 is 1.65 bits per heavy atom. The molecule has 0 spiro atoms. The molecule has 1 atom stereocenters. The van der Waals surface area contributed by atoms with Crippen molar-refractivity contribution in [3.63, 3.8) is 0 Å². The van der Waals surface area contributed by atoms with Crippen molar-refractivity contribution in [2.45, 2.75) is 19.8 Å². The van der Waals surface area contributed by atoms with Crippen LogP contribution < -0.4 is 4.74 Å². The first-order valence-corrected chi connectivity index (χ1v) is 7.77. The van der Waals surface area contributed by atoms with E-state index in [-0.39, 0.29) is 11.7 Å². The number of ether oxygens (including phenoxy) is 1. The molecule has 0 aromatic heterocycles.